The molecule has 0 aromatic carbocycles. The third kappa shape index (κ3) is 6.67. The Morgan fingerprint density at radius 1 is 1.35 bits per heavy atom. The van der Waals surface area contributed by atoms with Gasteiger partial charge in [0.05, 0.1) is 0 Å². The zero-order valence-corrected chi connectivity index (χ0v) is 10.5. The van der Waals surface area contributed by atoms with Gasteiger partial charge in [0.1, 0.15) is 12.1 Å². The van der Waals surface area contributed by atoms with Crippen molar-refractivity contribution in [2.75, 3.05) is 12.0 Å². The van der Waals surface area contributed by atoms with Gasteiger partial charge in [-0.05, 0) is 25.4 Å². The summed E-state index contributed by atoms with van der Waals surface area (Å²) in [6.45, 7) is 1.42. The van der Waals surface area contributed by atoms with E-state index in [1.165, 1.54) is 18.7 Å². The van der Waals surface area contributed by atoms with E-state index in [-0.39, 0.29) is 0 Å². The van der Waals surface area contributed by atoms with Crippen LogP contribution in [0.4, 0.5) is 4.79 Å². The monoisotopic (exact) mass is 263 g/mol. The van der Waals surface area contributed by atoms with Crippen LogP contribution >= 0.6 is 11.8 Å². The van der Waals surface area contributed by atoms with E-state index in [4.69, 9.17) is 10.8 Å². The van der Waals surface area contributed by atoms with Crippen LogP contribution in [0.15, 0.2) is 0 Å². The highest BCUT2D eigenvalue weighted by molar-refractivity contribution is 7.98. The zero-order chi connectivity index (χ0) is 13.4. The summed E-state index contributed by atoms with van der Waals surface area (Å²) in [6.07, 6.45) is 2.17. The topological polar surface area (TPSA) is 122 Å². The normalized spacial score (nSPS) is 13.5. The zero-order valence-electron chi connectivity index (χ0n) is 9.73. The fourth-order valence-corrected chi connectivity index (χ4v) is 1.54. The number of nitrogens with one attached hydrogen (secondary N) is 2. The van der Waals surface area contributed by atoms with Gasteiger partial charge in [-0.15, -0.1) is 0 Å². The van der Waals surface area contributed by atoms with E-state index in [2.05, 4.69) is 10.6 Å². The second-order valence-corrected chi connectivity index (χ2v) is 4.40. The number of aliphatic carboxylic acids is 1. The smallest absolute Gasteiger partial charge is 0.326 e. The quantitative estimate of drug-likeness (QED) is 0.487. The summed E-state index contributed by atoms with van der Waals surface area (Å²) in [5, 5.41) is 13.4. The Morgan fingerprint density at radius 2 is 1.94 bits per heavy atom. The lowest BCUT2D eigenvalue weighted by Crippen LogP contribution is -2.51. The van der Waals surface area contributed by atoms with Gasteiger partial charge < -0.3 is 21.5 Å². The van der Waals surface area contributed by atoms with Crippen LogP contribution in [0, 0.1) is 0 Å². The minimum absolute atomic E-state index is 0.325. The van der Waals surface area contributed by atoms with Crippen LogP contribution in [0.3, 0.4) is 0 Å². The van der Waals surface area contributed by atoms with Crippen molar-refractivity contribution in [3.63, 3.8) is 0 Å². The molecule has 0 saturated heterocycles. The van der Waals surface area contributed by atoms with Crippen molar-refractivity contribution in [2.45, 2.75) is 25.4 Å². The third-order valence-electron chi connectivity index (χ3n) is 1.98. The number of rotatable bonds is 7. The van der Waals surface area contributed by atoms with Crippen LogP contribution in [0.25, 0.3) is 0 Å². The summed E-state index contributed by atoms with van der Waals surface area (Å²) in [6, 6.07) is -2.64. The van der Waals surface area contributed by atoms with E-state index in [1.54, 1.807) is 0 Å². The average Bonchev–Trinajstić information content (AvgIpc) is 2.22. The summed E-state index contributed by atoms with van der Waals surface area (Å²) in [5.74, 6) is -1.05. The van der Waals surface area contributed by atoms with E-state index in [9.17, 15) is 14.4 Å². The molecule has 98 valence electrons. The first-order chi connectivity index (χ1) is 7.88. The summed E-state index contributed by atoms with van der Waals surface area (Å²) in [7, 11) is 0. The lowest BCUT2D eigenvalue weighted by Gasteiger charge is -2.17. The van der Waals surface area contributed by atoms with Crippen LogP contribution in [0.1, 0.15) is 13.3 Å². The second-order valence-electron chi connectivity index (χ2n) is 3.41. The Balaban J connectivity index is 4.29. The molecule has 0 aliphatic carbocycles. The predicted octanol–water partition coefficient (Wildman–Crippen LogP) is -0.634. The molecule has 0 bridgehead atoms. The number of nitrogens with two attached hydrogens (primary N) is 1. The Kier molecular flexibility index (Phi) is 7.11. The largest absolute Gasteiger partial charge is 0.480 e. The molecule has 0 aliphatic heterocycles. The van der Waals surface area contributed by atoms with Gasteiger partial charge in [-0.2, -0.15) is 11.8 Å². The van der Waals surface area contributed by atoms with Gasteiger partial charge in [0.2, 0.25) is 5.91 Å². The Hall–Kier alpha value is -1.44. The van der Waals surface area contributed by atoms with Crippen LogP contribution < -0.4 is 16.4 Å². The van der Waals surface area contributed by atoms with Crippen LogP contribution in [0.2, 0.25) is 0 Å². The van der Waals surface area contributed by atoms with Crippen LogP contribution in [0.5, 0.6) is 0 Å². The van der Waals surface area contributed by atoms with Crippen LogP contribution in [-0.4, -0.2) is 47.1 Å². The molecule has 17 heavy (non-hydrogen) atoms. The molecule has 0 heterocycles. The number of urea groups is 1. The van der Waals surface area contributed by atoms with Crippen molar-refractivity contribution in [1.29, 1.82) is 0 Å². The molecule has 2 atom stereocenters. The van der Waals surface area contributed by atoms with Gasteiger partial charge in [0, 0.05) is 0 Å². The van der Waals surface area contributed by atoms with Crippen LogP contribution in [-0.2, 0) is 9.59 Å². The number of primary amides is 1. The molecular weight excluding hydrogens is 246 g/mol. The number of amides is 3. The maximum absolute atomic E-state index is 11.5. The third-order valence-corrected chi connectivity index (χ3v) is 2.62. The molecule has 0 fully saturated rings. The van der Waals surface area contributed by atoms with Crippen molar-refractivity contribution in [3.05, 3.63) is 0 Å². The SMILES string of the molecule is CSCCC(NC(=O)C(C)NC(N)=O)C(=O)O. The Labute approximate surface area is 104 Å². The highest BCUT2D eigenvalue weighted by Crippen LogP contribution is 2.01. The van der Waals surface area contributed by atoms with Crippen molar-refractivity contribution in [3.8, 4) is 0 Å². The van der Waals surface area contributed by atoms with Gasteiger partial charge >= 0.3 is 12.0 Å². The van der Waals surface area contributed by atoms with E-state index < -0.39 is 30.0 Å². The number of carbonyl (C=O) groups is 3. The maximum Gasteiger partial charge on any atom is 0.326 e. The Bertz CT molecular complexity index is 298. The van der Waals surface area contributed by atoms with Gasteiger partial charge in [0.25, 0.3) is 0 Å². The van der Waals surface area contributed by atoms with Gasteiger partial charge in [-0.1, -0.05) is 0 Å². The number of hydrogen-bond acceptors (Lipinski definition) is 4. The highest BCUT2D eigenvalue weighted by atomic mass is 32.2. The van der Waals surface area contributed by atoms with Gasteiger partial charge in [-0.3, -0.25) is 4.79 Å². The van der Waals surface area contributed by atoms with Crippen molar-refractivity contribution in [1.82, 2.24) is 10.6 Å². The minimum atomic E-state index is -1.10. The molecule has 8 heteroatoms. The molecule has 0 aliphatic rings. The van der Waals surface area contributed by atoms with E-state index in [0.717, 1.165) is 0 Å². The van der Waals surface area contributed by atoms with Gasteiger partial charge in [0.15, 0.2) is 0 Å². The summed E-state index contributed by atoms with van der Waals surface area (Å²) >= 11 is 1.49. The van der Waals surface area contributed by atoms with E-state index in [0.29, 0.717) is 12.2 Å². The first-order valence-electron chi connectivity index (χ1n) is 4.96. The molecule has 0 radical (unpaired) electrons. The first kappa shape index (κ1) is 15.6. The second kappa shape index (κ2) is 7.77. The fourth-order valence-electron chi connectivity index (χ4n) is 1.07. The first-order valence-corrected chi connectivity index (χ1v) is 6.36. The number of thioether (sulfide) groups is 1. The molecule has 0 spiro atoms. The molecule has 0 rings (SSSR count). The van der Waals surface area contributed by atoms with Crippen molar-refractivity contribution >= 4 is 29.7 Å². The lowest BCUT2D eigenvalue weighted by molar-refractivity contribution is -0.142. The molecule has 0 aromatic rings. The number of hydrogen-bond donors (Lipinski definition) is 4. The summed E-state index contributed by atoms with van der Waals surface area (Å²) in [5.41, 5.74) is 4.85. The van der Waals surface area contributed by atoms with Crippen molar-refractivity contribution in [2.24, 2.45) is 5.73 Å². The number of carbonyl (C=O) groups excluding carboxylic acids is 2. The predicted molar refractivity (Wildman–Crippen MR) is 64.7 cm³/mol. The molecule has 7 nitrogen and oxygen atoms in total. The standard InChI is InChI=1S/C9H17N3O4S/c1-5(11-9(10)16)7(13)12-6(8(14)15)3-4-17-2/h5-6H,3-4H2,1-2H3,(H,12,13)(H,14,15)(H3,10,11,16). The lowest BCUT2D eigenvalue weighted by atomic mass is 10.2. The summed E-state index contributed by atoms with van der Waals surface area (Å²) in [4.78, 5) is 32.9. The molecular formula is C9H17N3O4S. The molecule has 3 amide bonds. The number of carboxylic acids is 1. The van der Waals surface area contributed by atoms with Crippen molar-refractivity contribution < 1.29 is 19.5 Å². The highest BCUT2D eigenvalue weighted by Gasteiger charge is 2.22. The maximum atomic E-state index is 11.5. The average molecular weight is 263 g/mol. The minimum Gasteiger partial charge on any atom is -0.480 e. The van der Waals surface area contributed by atoms with Gasteiger partial charge in [-0.25, -0.2) is 9.59 Å². The van der Waals surface area contributed by atoms with E-state index >= 15 is 0 Å². The summed E-state index contributed by atoms with van der Waals surface area (Å²) < 4.78 is 0. The molecule has 5 N–H and O–H groups in total. The number of carboxylic acid groups (broad SMARTS) is 1. The Morgan fingerprint density at radius 3 is 2.35 bits per heavy atom. The molecule has 0 aromatic heterocycles. The molecule has 0 saturated carbocycles. The van der Waals surface area contributed by atoms with E-state index in [1.807, 2.05) is 6.26 Å². The fraction of sp³-hybridized carbons (Fsp3) is 0.667. The molecule has 2 unspecified atom stereocenters.